The second-order valence-electron chi connectivity index (χ2n) is 3.05. The summed E-state index contributed by atoms with van der Waals surface area (Å²) < 4.78 is 0. The van der Waals surface area contributed by atoms with Crippen LogP contribution in [0.1, 0.15) is 0 Å². The van der Waals surface area contributed by atoms with Gasteiger partial charge in [0.05, 0.1) is 18.1 Å². The Balaban J connectivity index is 2.27. The van der Waals surface area contributed by atoms with Crippen molar-refractivity contribution in [2.45, 2.75) is 0 Å². The van der Waals surface area contributed by atoms with Gasteiger partial charge in [0, 0.05) is 13.1 Å². The van der Waals surface area contributed by atoms with E-state index in [-0.39, 0.29) is 29.9 Å². The van der Waals surface area contributed by atoms with E-state index in [1.807, 2.05) is 0 Å². The van der Waals surface area contributed by atoms with Gasteiger partial charge in [-0.15, -0.1) is 11.8 Å². The Morgan fingerprint density at radius 1 is 1.47 bits per heavy atom. The molecular weight excluding hydrogens is 220 g/mol. The van der Waals surface area contributed by atoms with Gasteiger partial charge in [-0.05, 0) is 0 Å². The molecule has 0 aromatic carbocycles. The van der Waals surface area contributed by atoms with Gasteiger partial charge in [-0.3, -0.25) is 14.4 Å². The fraction of sp³-hybridized carbons (Fsp3) is 0.625. The molecule has 15 heavy (non-hydrogen) atoms. The number of thioether (sulfide) groups is 1. The number of amides is 2. The summed E-state index contributed by atoms with van der Waals surface area (Å²) in [6.07, 6.45) is 0. The van der Waals surface area contributed by atoms with Crippen LogP contribution in [0, 0.1) is 0 Å². The number of carbonyl (C=O) groups excluding carboxylic acids is 2. The van der Waals surface area contributed by atoms with Crippen LogP contribution in [0.5, 0.6) is 0 Å². The van der Waals surface area contributed by atoms with E-state index < -0.39 is 5.97 Å². The second kappa shape index (κ2) is 5.59. The van der Waals surface area contributed by atoms with E-state index in [9.17, 15) is 14.4 Å². The van der Waals surface area contributed by atoms with Crippen LogP contribution < -0.4 is 5.32 Å². The number of carboxylic acids is 1. The lowest BCUT2D eigenvalue weighted by molar-refractivity contribution is -0.136. The van der Waals surface area contributed by atoms with Crippen LogP contribution in [0.4, 0.5) is 0 Å². The van der Waals surface area contributed by atoms with Gasteiger partial charge in [0.25, 0.3) is 0 Å². The van der Waals surface area contributed by atoms with Crippen molar-refractivity contribution >= 4 is 29.5 Å². The van der Waals surface area contributed by atoms with Crippen molar-refractivity contribution in [2.75, 3.05) is 31.1 Å². The quantitative estimate of drug-likeness (QED) is 0.633. The first-order valence-corrected chi connectivity index (χ1v) is 5.59. The number of nitrogens with zero attached hydrogens (tertiary/aromatic N) is 1. The molecule has 0 unspecified atom stereocenters. The standard InChI is InChI=1S/C8H12N2O4S/c11-6-3-10(2-1-9-6)7(12)4-15-5-8(13)14/h1-5H2,(H,9,11)(H,13,14). The molecular formula is C8H12N2O4S. The lowest BCUT2D eigenvalue weighted by Gasteiger charge is -2.26. The van der Waals surface area contributed by atoms with Gasteiger partial charge in [0.1, 0.15) is 0 Å². The Bertz CT molecular complexity index is 282. The van der Waals surface area contributed by atoms with Crippen molar-refractivity contribution in [3.8, 4) is 0 Å². The third kappa shape index (κ3) is 4.20. The van der Waals surface area contributed by atoms with Gasteiger partial charge in [0.15, 0.2) is 0 Å². The van der Waals surface area contributed by atoms with E-state index in [1.165, 1.54) is 4.90 Å². The first-order valence-electron chi connectivity index (χ1n) is 4.43. The molecule has 1 aliphatic heterocycles. The predicted octanol–water partition coefficient (Wildman–Crippen LogP) is -1.24. The summed E-state index contributed by atoms with van der Waals surface area (Å²) in [7, 11) is 0. The third-order valence-corrected chi connectivity index (χ3v) is 2.74. The lowest BCUT2D eigenvalue weighted by atomic mass is 10.3. The van der Waals surface area contributed by atoms with Gasteiger partial charge >= 0.3 is 5.97 Å². The van der Waals surface area contributed by atoms with Gasteiger partial charge in [-0.1, -0.05) is 0 Å². The lowest BCUT2D eigenvalue weighted by Crippen LogP contribution is -2.50. The number of rotatable bonds is 4. The fourth-order valence-corrected chi connectivity index (χ4v) is 1.80. The Morgan fingerprint density at radius 2 is 2.20 bits per heavy atom. The molecule has 0 spiro atoms. The first kappa shape index (κ1) is 11.8. The zero-order valence-corrected chi connectivity index (χ0v) is 8.88. The van der Waals surface area contributed by atoms with E-state index in [0.717, 1.165) is 11.8 Å². The van der Waals surface area contributed by atoms with Crippen molar-refractivity contribution in [2.24, 2.45) is 0 Å². The molecule has 1 heterocycles. The molecule has 1 fully saturated rings. The minimum Gasteiger partial charge on any atom is -0.481 e. The number of carbonyl (C=O) groups is 3. The largest absolute Gasteiger partial charge is 0.481 e. The van der Waals surface area contributed by atoms with Crippen molar-refractivity contribution in [1.82, 2.24) is 10.2 Å². The van der Waals surface area contributed by atoms with Crippen molar-refractivity contribution in [1.29, 1.82) is 0 Å². The van der Waals surface area contributed by atoms with Gasteiger partial charge < -0.3 is 15.3 Å². The molecule has 6 nitrogen and oxygen atoms in total. The minimum atomic E-state index is -0.941. The van der Waals surface area contributed by atoms with Crippen molar-refractivity contribution < 1.29 is 19.5 Å². The van der Waals surface area contributed by atoms with Crippen LogP contribution in [0.3, 0.4) is 0 Å². The average molecular weight is 232 g/mol. The predicted molar refractivity (Wildman–Crippen MR) is 54.6 cm³/mol. The molecule has 0 saturated carbocycles. The van der Waals surface area contributed by atoms with E-state index in [0.29, 0.717) is 13.1 Å². The summed E-state index contributed by atoms with van der Waals surface area (Å²) in [5.74, 6) is -1.27. The smallest absolute Gasteiger partial charge is 0.313 e. The van der Waals surface area contributed by atoms with E-state index in [2.05, 4.69) is 5.32 Å². The third-order valence-electron chi connectivity index (χ3n) is 1.84. The first-order chi connectivity index (χ1) is 7.09. The summed E-state index contributed by atoms with van der Waals surface area (Å²) in [6.45, 7) is 1.04. The molecule has 0 aromatic heterocycles. The zero-order valence-electron chi connectivity index (χ0n) is 8.06. The topological polar surface area (TPSA) is 86.7 Å². The van der Waals surface area contributed by atoms with E-state index >= 15 is 0 Å². The number of piperazine rings is 1. The van der Waals surface area contributed by atoms with Crippen LogP contribution in [0.15, 0.2) is 0 Å². The molecule has 7 heteroatoms. The highest BCUT2D eigenvalue weighted by molar-refractivity contribution is 8.00. The number of hydrogen-bond donors (Lipinski definition) is 2. The summed E-state index contributed by atoms with van der Waals surface area (Å²) in [5, 5.41) is 11.0. The van der Waals surface area contributed by atoms with Crippen molar-refractivity contribution in [3.63, 3.8) is 0 Å². The Morgan fingerprint density at radius 3 is 2.80 bits per heavy atom. The Labute approximate surface area is 91.0 Å². The van der Waals surface area contributed by atoms with Crippen LogP contribution >= 0.6 is 11.8 Å². The highest BCUT2D eigenvalue weighted by Crippen LogP contribution is 2.03. The normalized spacial score (nSPS) is 16.0. The molecule has 0 aromatic rings. The molecule has 2 amide bonds. The average Bonchev–Trinajstić information content (AvgIpc) is 2.17. The van der Waals surface area contributed by atoms with Gasteiger partial charge in [-0.2, -0.15) is 0 Å². The van der Waals surface area contributed by atoms with Crippen LogP contribution in [0.25, 0.3) is 0 Å². The number of hydrogen-bond acceptors (Lipinski definition) is 4. The highest BCUT2D eigenvalue weighted by atomic mass is 32.2. The number of aliphatic carboxylic acids is 1. The van der Waals surface area contributed by atoms with Crippen LogP contribution in [-0.4, -0.2) is 58.9 Å². The Hall–Kier alpha value is -1.24. The molecule has 1 saturated heterocycles. The Kier molecular flexibility index (Phi) is 4.41. The molecule has 84 valence electrons. The molecule has 1 aliphatic rings. The summed E-state index contributed by atoms with van der Waals surface area (Å²) in [4.78, 5) is 34.0. The van der Waals surface area contributed by atoms with Crippen molar-refractivity contribution in [3.05, 3.63) is 0 Å². The SMILES string of the molecule is O=C(O)CSCC(=O)N1CCNC(=O)C1. The number of nitrogens with one attached hydrogen (secondary N) is 1. The maximum absolute atomic E-state index is 11.5. The summed E-state index contributed by atoms with van der Waals surface area (Å²) in [6, 6.07) is 0. The number of carboxylic acid groups (broad SMARTS) is 1. The molecule has 1 rings (SSSR count). The van der Waals surface area contributed by atoms with Crippen LogP contribution in [0.2, 0.25) is 0 Å². The monoisotopic (exact) mass is 232 g/mol. The van der Waals surface area contributed by atoms with E-state index in [1.54, 1.807) is 0 Å². The van der Waals surface area contributed by atoms with Crippen LogP contribution in [-0.2, 0) is 14.4 Å². The van der Waals surface area contributed by atoms with E-state index in [4.69, 9.17) is 5.11 Å². The highest BCUT2D eigenvalue weighted by Gasteiger charge is 2.20. The maximum Gasteiger partial charge on any atom is 0.313 e. The second-order valence-corrected chi connectivity index (χ2v) is 4.04. The molecule has 0 bridgehead atoms. The molecule has 2 N–H and O–H groups in total. The maximum atomic E-state index is 11.5. The summed E-state index contributed by atoms with van der Waals surface area (Å²) >= 11 is 1.04. The molecule has 0 radical (unpaired) electrons. The fourth-order valence-electron chi connectivity index (χ4n) is 1.17. The zero-order chi connectivity index (χ0) is 11.3. The molecule has 0 atom stereocenters. The molecule has 0 aliphatic carbocycles. The summed E-state index contributed by atoms with van der Waals surface area (Å²) in [5.41, 5.74) is 0. The van der Waals surface area contributed by atoms with Gasteiger partial charge in [0.2, 0.25) is 11.8 Å². The van der Waals surface area contributed by atoms with Gasteiger partial charge in [-0.25, -0.2) is 0 Å². The minimum absolute atomic E-state index is 0.0759.